The molecule has 1 atom stereocenters. The minimum Gasteiger partial charge on any atom is -0.351 e. The smallest absolute Gasteiger partial charge is 0.185 e. The van der Waals surface area contributed by atoms with Gasteiger partial charge in [0.25, 0.3) is 0 Å². The lowest BCUT2D eigenvalue weighted by atomic mass is 9.96. The van der Waals surface area contributed by atoms with Crippen LogP contribution in [0.1, 0.15) is 38.1 Å². The molecule has 0 saturated heterocycles. The second-order valence-corrected chi connectivity index (χ2v) is 7.60. The average Bonchev–Trinajstić information content (AvgIpc) is 2.86. The van der Waals surface area contributed by atoms with Gasteiger partial charge in [0.2, 0.25) is 0 Å². The summed E-state index contributed by atoms with van der Waals surface area (Å²) in [5.74, 6) is 0. The molecule has 0 amide bonds. The van der Waals surface area contributed by atoms with Gasteiger partial charge in [0.15, 0.2) is 5.13 Å². The van der Waals surface area contributed by atoms with Gasteiger partial charge in [-0.25, -0.2) is 4.98 Å². The van der Waals surface area contributed by atoms with E-state index in [0.29, 0.717) is 0 Å². The molecule has 0 aliphatic rings. The first kappa shape index (κ1) is 16.0. The lowest BCUT2D eigenvalue weighted by Gasteiger charge is -2.26. The molecular formula is C17H25N3S. The lowest BCUT2D eigenvalue weighted by Crippen LogP contribution is -2.29. The number of hydrogen-bond donors (Lipinski definition) is 1. The van der Waals surface area contributed by atoms with E-state index in [1.54, 1.807) is 11.3 Å². The van der Waals surface area contributed by atoms with Crippen molar-refractivity contribution >= 4 is 16.5 Å². The molecule has 2 rings (SSSR count). The van der Waals surface area contributed by atoms with Crippen molar-refractivity contribution in [3.63, 3.8) is 0 Å². The Kier molecular flexibility index (Phi) is 5.01. The molecule has 1 aromatic carbocycles. The van der Waals surface area contributed by atoms with E-state index in [1.165, 1.54) is 0 Å². The van der Waals surface area contributed by atoms with Gasteiger partial charge in [-0.05, 0) is 11.0 Å². The highest BCUT2D eigenvalue weighted by Crippen LogP contribution is 2.25. The van der Waals surface area contributed by atoms with Gasteiger partial charge in [0.1, 0.15) is 0 Å². The van der Waals surface area contributed by atoms with Gasteiger partial charge < -0.3 is 10.6 Å². The van der Waals surface area contributed by atoms with Crippen LogP contribution in [0.2, 0.25) is 0 Å². The van der Waals surface area contributed by atoms with Crippen LogP contribution in [-0.2, 0) is 6.42 Å². The van der Waals surface area contributed by atoms with Crippen LogP contribution in [0.25, 0.3) is 0 Å². The number of aromatic nitrogens is 1. The summed E-state index contributed by atoms with van der Waals surface area (Å²) in [4.78, 5) is 6.95. The van der Waals surface area contributed by atoms with Crippen molar-refractivity contribution in [3.8, 4) is 0 Å². The van der Waals surface area contributed by atoms with Crippen molar-refractivity contribution in [1.29, 1.82) is 0 Å². The monoisotopic (exact) mass is 303 g/mol. The quantitative estimate of drug-likeness (QED) is 0.912. The number of nitrogens with zero attached hydrogens (tertiary/aromatic N) is 2. The second kappa shape index (κ2) is 6.58. The topological polar surface area (TPSA) is 42.2 Å². The van der Waals surface area contributed by atoms with E-state index < -0.39 is 0 Å². The van der Waals surface area contributed by atoms with Crippen LogP contribution >= 0.6 is 11.3 Å². The summed E-state index contributed by atoms with van der Waals surface area (Å²) >= 11 is 1.69. The van der Waals surface area contributed by atoms with Crippen LogP contribution in [0.15, 0.2) is 35.7 Å². The van der Waals surface area contributed by atoms with Gasteiger partial charge in [-0.15, -0.1) is 11.3 Å². The largest absolute Gasteiger partial charge is 0.351 e. The second-order valence-electron chi connectivity index (χ2n) is 6.76. The average molecular weight is 303 g/mol. The van der Waals surface area contributed by atoms with Crippen LogP contribution in [0, 0.1) is 5.41 Å². The highest BCUT2D eigenvalue weighted by atomic mass is 32.1. The van der Waals surface area contributed by atoms with Crippen molar-refractivity contribution in [2.45, 2.75) is 33.2 Å². The fourth-order valence-corrected chi connectivity index (χ4v) is 3.19. The maximum atomic E-state index is 6.27. The van der Waals surface area contributed by atoms with Gasteiger partial charge in [-0.1, -0.05) is 51.1 Å². The Balaban J connectivity index is 2.00. The van der Waals surface area contributed by atoms with Crippen LogP contribution in [0.5, 0.6) is 0 Å². The van der Waals surface area contributed by atoms with E-state index in [1.807, 2.05) is 18.2 Å². The van der Waals surface area contributed by atoms with Crippen molar-refractivity contribution < 1.29 is 0 Å². The van der Waals surface area contributed by atoms with Crippen molar-refractivity contribution in [2.24, 2.45) is 11.1 Å². The Morgan fingerprint density at radius 3 is 2.52 bits per heavy atom. The van der Waals surface area contributed by atoms with E-state index >= 15 is 0 Å². The third kappa shape index (κ3) is 4.83. The van der Waals surface area contributed by atoms with E-state index in [9.17, 15) is 0 Å². The molecule has 4 heteroatoms. The molecule has 1 aromatic heterocycles. The minimum absolute atomic E-state index is 0.00840. The van der Waals surface area contributed by atoms with Crippen molar-refractivity contribution in [1.82, 2.24) is 4.98 Å². The molecule has 0 saturated carbocycles. The Labute approximate surface area is 131 Å². The Morgan fingerprint density at radius 2 is 1.90 bits per heavy atom. The summed E-state index contributed by atoms with van der Waals surface area (Å²) in [7, 11) is 2.10. The molecule has 3 nitrogen and oxygen atoms in total. The molecule has 0 aliphatic carbocycles. The zero-order valence-electron chi connectivity index (χ0n) is 13.3. The fraction of sp³-hybridized carbons (Fsp3) is 0.471. The molecule has 0 bridgehead atoms. The molecule has 2 aromatic rings. The third-order valence-electron chi connectivity index (χ3n) is 3.23. The number of rotatable bonds is 5. The van der Waals surface area contributed by atoms with Gasteiger partial charge in [0.05, 0.1) is 5.69 Å². The summed E-state index contributed by atoms with van der Waals surface area (Å²) < 4.78 is 0. The lowest BCUT2D eigenvalue weighted by molar-refractivity contribution is 0.418. The first-order valence-corrected chi connectivity index (χ1v) is 8.19. The third-order valence-corrected chi connectivity index (χ3v) is 4.24. The van der Waals surface area contributed by atoms with Crippen molar-refractivity contribution in [2.75, 3.05) is 18.5 Å². The zero-order valence-corrected chi connectivity index (χ0v) is 14.2. The highest BCUT2D eigenvalue weighted by Gasteiger charge is 2.17. The zero-order chi connectivity index (χ0) is 15.5. The minimum atomic E-state index is 0.00840. The summed E-state index contributed by atoms with van der Waals surface area (Å²) in [6.45, 7) is 7.71. The summed E-state index contributed by atoms with van der Waals surface area (Å²) in [6, 6.07) is 10.2. The normalized spacial score (nSPS) is 13.2. The first-order valence-electron chi connectivity index (χ1n) is 7.31. The Hall–Kier alpha value is -1.39. The summed E-state index contributed by atoms with van der Waals surface area (Å²) in [5, 5.41) is 3.19. The maximum Gasteiger partial charge on any atom is 0.185 e. The maximum absolute atomic E-state index is 6.27. The molecule has 2 N–H and O–H groups in total. The van der Waals surface area contributed by atoms with Crippen LogP contribution in [0.3, 0.4) is 0 Å². The number of nitrogens with two attached hydrogens (primary N) is 1. The summed E-state index contributed by atoms with van der Waals surface area (Å²) in [6.07, 6.45) is 0.782. The molecular weight excluding hydrogens is 278 g/mol. The number of benzene rings is 1. The van der Waals surface area contributed by atoms with Crippen LogP contribution < -0.4 is 10.6 Å². The fourth-order valence-electron chi connectivity index (χ4n) is 2.39. The number of anilines is 1. The van der Waals surface area contributed by atoms with E-state index in [0.717, 1.165) is 29.4 Å². The van der Waals surface area contributed by atoms with Crippen LogP contribution in [0.4, 0.5) is 5.13 Å². The molecule has 1 heterocycles. The number of thiazole rings is 1. The predicted octanol–water partition coefficient (Wildman–Crippen LogP) is 3.87. The van der Waals surface area contributed by atoms with E-state index in [2.05, 4.69) is 50.2 Å². The van der Waals surface area contributed by atoms with E-state index in [4.69, 9.17) is 10.7 Å². The van der Waals surface area contributed by atoms with Crippen LogP contribution in [-0.4, -0.2) is 18.6 Å². The molecule has 0 fully saturated rings. The van der Waals surface area contributed by atoms with Gasteiger partial charge in [-0.2, -0.15) is 0 Å². The molecule has 0 aliphatic heterocycles. The molecule has 21 heavy (non-hydrogen) atoms. The molecule has 0 spiro atoms. The SMILES string of the molecule is CN(CC(C)(C)C)c1nc(CC(N)c2ccccc2)cs1. The standard InChI is InChI=1S/C17H25N3S/c1-17(2,3)12-20(4)16-19-14(11-21-16)10-15(18)13-8-6-5-7-9-13/h5-9,11,15H,10,12,18H2,1-4H3. The predicted molar refractivity (Wildman–Crippen MR) is 91.9 cm³/mol. The number of hydrogen-bond acceptors (Lipinski definition) is 4. The van der Waals surface area contributed by atoms with E-state index in [-0.39, 0.29) is 11.5 Å². The Bertz CT molecular complexity index is 557. The highest BCUT2D eigenvalue weighted by molar-refractivity contribution is 7.13. The molecule has 1 unspecified atom stereocenters. The van der Waals surface area contributed by atoms with Gasteiger partial charge >= 0.3 is 0 Å². The molecule has 0 radical (unpaired) electrons. The first-order chi connectivity index (χ1) is 9.85. The van der Waals surface area contributed by atoms with Gasteiger partial charge in [0, 0.05) is 31.4 Å². The van der Waals surface area contributed by atoms with Crippen molar-refractivity contribution in [3.05, 3.63) is 47.0 Å². The molecule has 114 valence electrons. The summed E-state index contributed by atoms with van der Waals surface area (Å²) in [5.41, 5.74) is 8.77. The van der Waals surface area contributed by atoms with Gasteiger partial charge in [-0.3, -0.25) is 0 Å². The Morgan fingerprint density at radius 1 is 1.24 bits per heavy atom.